The van der Waals surface area contributed by atoms with Crippen molar-refractivity contribution in [1.82, 2.24) is 9.78 Å². The number of benzene rings is 1. The monoisotopic (exact) mass is 251 g/mol. The lowest BCUT2D eigenvalue weighted by atomic mass is 10.1. The fourth-order valence-electron chi connectivity index (χ4n) is 1.64. The van der Waals surface area contributed by atoms with Gasteiger partial charge in [0.1, 0.15) is 0 Å². The van der Waals surface area contributed by atoms with Crippen molar-refractivity contribution in [3.63, 3.8) is 0 Å². The Balaban J connectivity index is 2.14. The van der Waals surface area contributed by atoms with Gasteiger partial charge in [-0.25, -0.2) is 0 Å². The van der Waals surface area contributed by atoms with E-state index in [1.165, 1.54) is 0 Å². The van der Waals surface area contributed by atoms with Crippen molar-refractivity contribution in [2.45, 2.75) is 19.6 Å². The zero-order valence-corrected chi connectivity index (χ0v) is 10.2. The van der Waals surface area contributed by atoms with Gasteiger partial charge in [-0.15, -0.1) is 0 Å². The molecule has 0 radical (unpaired) electrons. The standard InChI is InChI=1S/C12H14ClN3O/c1-8-11(13)6-16(15-8)7-12(17)9-3-2-4-10(14)5-9/h2-6,12,17H,7,14H2,1H3. The molecule has 4 nitrogen and oxygen atoms in total. The van der Waals surface area contributed by atoms with E-state index in [1.807, 2.05) is 19.1 Å². The first-order valence-electron chi connectivity index (χ1n) is 5.29. The van der Waals surface area contributed by atoms with Crippen LogP contribution in [0, 0.1) is 6.92 Å². The third-order valence-corrected chi connectivity index (χ3v) is 2.91. The van der Waals surface area contributed by atoms with Crippen LogP contribution in [0.2, 0.25) is 5.02 Å². The number of hydrogen-bond donors (Lipinski definition) is 2. The van der Waals surface area contributed by atoms with Crippen LogP contribution in [-0.2, 0) is 6.54 Å². The number of hydrogen-bond acceptors (Lipinski definition) is 3. The lowest BCUT2D eigenvalue weighted by Gasteiger charge is -2.11. The van der Waals surface area contributed by atoms with Crippen molar-refractivity contribution in [2.75, 3.05) is 5.73 Å². The minimum atomic E-state index is -0.645. The van der Waals surface area contributed by atoms with Crippen molar-refractivity contribution >= 4 is 17.3 Å². The molecule has 1 atom stereocenters. The van der Waals surface area contributed by atoms with Gasteiger partial charge < -0.3 is 10.8 Å². The molecule has 2 aromatic rings. The van der Waals surface area contributed by atoms with Gasteiger partial charge in [-0.3, -0.25) is 4.68 Å². The van der Waals surface area contributed by atoms with Gasteiger partial charge in [-0.2, -0.15) is 5.10 Å². The van der Waals surface area contributed by atoms with E-state index in [2.05, 4.69) is 5.10 Å². The summed E-state index contributed by atoms with van der Waals surface area (Å²) in [5, 5.41) is 14.8. The summed E-state index contributed by atoms with van der Waals surface area (Å²) in [6, 6.07) is 7.18. The first kappa shape index (κ1) is 12.0. The number of aromatic nitrogens is 2. The highest BCUT2D eigenvalue weighted by atomic mass is 35.5. The molecule has 17 heavy (non-hydrogen) atoms. The molecular weight excluding hydrogens is 238 g/mol. The number of anilines is 1. The fourth-order valence-corrected chi connectivity index (χ4v) is 1.79. The Hall–Kier alpha value is -1.52. The van der Waals surface area contributed by atoms with E-state index in [0.29, 0.717) is 17.3 Å². The van der Waals surface area contributed by atoms with Gasteiger partial charge in [0.05, 0.1) is 23.4 Å². The van der Waals surface area contributed by atoms with Gasteiger partial charge in [0, 0.05) is 11.9 Å². The van der Waals surface area contributed by atoms with Crippen LogP contribution in [0.5, 0.6) is 0 Å². The maximum Gasteiger partial charge on any atom is 0.0986 e. The van der Waals surface area contributed by atoms with Crippen molar-refractivity contribution in [2.24, 2.45) is 0 Å². The Kier molecular flexibility index (Phi) is 3.36. The van der Waals surface area contributed by atoms with Crippen LogP contribution in [0.15, 0.2) is 30.5 Å². The average molecular weight is 252 g/mol. The van der Waals surface area contributed by atoms with Crippen LogP contribution in [0.1, 0.15) is 17.4 Å². The summed E-state index contributed by atoms with van der Waals surface area (Å²) >= 11 is 5.90. The van der Waals surface area contributed by atoms with Crippen molar-refractivity contribution in [1.29, 1.82) is 0 Å². The third kappa shape index (κ3) is 2.78. The first-order valence-corrected chi connectivity index (χ1v) is 5.67. The molecule has 0 saturated carbocycles. The van der Waals surface area contributed by atoms with E-state index >= 15 is 0 Å². The second-order valence-corrected chi connectivity index (χ2v) is 4.38. The summed E-state index contributed by atoms with van der Waals surface area (Å²) in [5.74, 6) is 0. The smallest absolute Gasteiger partial charge is 0.0986 e. The zero-order valence-electron chi connectivity index (χ0n) is 9.47. The summed E-state index contributed by atoms with van der Waals surface area (Å²) in [4.78, 5) is 0. The van der Waals surface area contributed by atoms with Crippen LogP contribution < -0.4 is 5.73 Å². The Morgan fingerprint density at radius 1 is 1.53 bits per heavy atom. The number of rotatable bonds is 3. The van der Waals surface area contributed by atoms with Crippen LogP contribution >= 0.6 is 11.6 Å². The highest BCUT2D eigenvalue weighted by molar-refractivity contribution is 6.31. The largest absolute Gasteiger partial charge is 0.399 e. The van der Waals surface area contributed by atoms with Gasteiger partial charge in [0.25, 0.3) is 0 Å². The molecule has 0 aliphatic heterocycles. The fraction of sp³-hybridized carbons (Fsp3) is 0.250. The average Bonchev–Trinajstić information content (AvgIpc) is 2.58. The minimum Gasteiger partial charge on any atom is -0.399 e. The normalized spacial score (nSPS) is 12.6. The minimum absolute atomic E-state index is 0.358. The predicted molar refractivity (Wildman–Crippen MR) is 67.8 cm³/mol. The SMILES string of the molecule is Cc1nn(CC(O)c2cccc(N)c2)cc1Cl. The highest BCUT2D eigenvalue weighted by Crippen LogP contribution is 2.19. The van der Waals surface area contributed by atoms with E-state index in [9.17, 15) is 5.11 Å². The van der Waals surface area contributed by atoms with E-state index < -0.39 is 6.10 Å². The van der Waals surface area contributed by atoms with Crippen LogP contribution in [-0.4, -0.2) is 14.9 Å². The van der Waals surface area contributed by atoms with Crippen LogP contribution in [0.3, 0.4) is 0 Å². The molecule has 0 spiro atoms. The van der Waals surface area contributed by atoms with E-state index in [-0.39, 0.29) is 0 Å². The van der Waals surface area contributed by atoms with Crippen molar-refractivity contribution in [3.05, 3.63) is 46.7 Å². The molecule has 0 aliphatic carbocycles. The molecular formula is C12H14ClN3O. The number of nitrogens with zero attached hydrogens (tertiary/aromatic N) is 2. The molecule has 2 rings (SSSR count). The molecule has 5 heteroatoms. The third-order valence-electron chi connectivity index (χ3n) is 2.54. The number of aryl methyl sites for hydroxylation is 1. The van der Waals surface area contributed by atoms with E-state index in [4.69, 9.17) is 17.3 Å². The molecule has 1 aromatic heterocycles. The molecule has 0 amide bonds. The van der Waals surface area contributed by atoms with Crippen LogP contribution in [0.4, 0.5) is 5.69 Å². The van der Waals surface area contributed by atoms with E-state index in [0.717, 1.165) is 11.3 Å². The Bertz CT molecular complexity index is 505. The quantitative estimate of drug-likeness (QED) is 0.822. The second kappa shape index (κ2) is 4.77. The maximum absolute atomic E-state index is 10.0. The molecule has 1 heterocycles. The summed E-state index contributed by atoms with van der Waals surface area (Å²) in [6.45, 7) is 2.18. The van der Waals surface area contributed by atoms with Gasteiger partial charge >= 0.3 is 0 Å². The van der Waals surface area contributed by atoms with E-state index in [1.54, 1.807) is 23.0 Å². The summed E-state index contributed by atoms with van der Waals surface area (Å²) in [7, 11) is 0. The predicted octanol–water partition coefficient (Wildman–Crippen LogP) is 2.16. The lowest BCUT2D eigenvalue weighted by molar-refractivity contribution is 0.151. The summed E-state index contributed by atoms with van der Waals surface area (Å²) < 4.78 is 1.63. The molecule has 0 saturated heterocycles. The Labute approximate surface area is 105 Å². The highest BCUT2D eigenvalue weighted by Gasteiger charge is 2.10. The number of halogens is 1. The number of nitrogens with two attached hydrogens (primary N) is 1. The number of aliphatic hydroxyl groups excluding tert-OH is 1. The van der Waals surface area contributed by atoms with Gasteiger partial charge in [-0.1, -0.05) is 23.7 Å². The summed E-state index contributed by atoms with van der Waals surface area (Å²) in [5.41, 5.74) is 7.83. The molecule has 90 valence electrons. The lowest BCUT2D eigenvalue weighted by Crippen LogP contribution is -2.09. The molecule has 0 fully saturated rings. The molecule has 3 N–H and O–H groups in total. The van der Waals surface area contributed by atoms with Crippen LogP contribution in [0.25, 0.3) is 0 Å². The summed E-state index contributed by atoms with van der Waals surface area (Å²) in [6.07, 6.45) is 1.06. The molecule has 1 aromatic carbocycles. The van der Waals surface area contributed by atoms with Crippen molar-refractivity contribution in [3.8, 4) is 0 Å². The van der Waals surface area contributed by atoms with Gasteiger partial charge in [0.15, 0.2) is 0 Å². The van der Waals surface area contributed by atoms with Gasteiger partial charge in [-0.05, 0) is 24.6 Å². The Morgan fingerprint density at radius 3 is 2.88 bits per heavy atom. The molecule has 1 unspecified atom stereocenters. The maximum atomic E-state index is 10.0. The topological polar surface area (TPSA) is 64.1 Å². The molecule has 0 bridgehead atoms. The second-order valence-electron chi connectivity index (χ2n) is 3.97. The van der Waals surface area contributed by atoms with Gasteiger partial charge in [0.2, 0.25) is 0 Å². The number of nitrogen functional groups attached to an aromatic ring is 1. The zero-order chi connectivity index (χ0) is 12.4. The molecule has 0 aliphatic rings. The first-order chi connectivity index (χ1) is 8.06. The number of aliphatic hydroxyl groups is 1. The Morgan fingerprint density at radius 2 is 2.29 bits per heavy atom. The van der Waals surface area contributed by atoms with Crippen molar-refractivity contribution < 1.29 is 5.11 Å².